The summed E-state index contributed by atoms with van der Waals surface area (Å²) in [5, 5.41) is 10.4. The number of hydrogen-bond acceptors (Lipinski definition) is 6. The molecule has 1 saturated heterocycles. The van der Waals surface area contributed by atoms with Gasteiger partial charge in [-0.15, -0.1) is 0 Å². The molecule has 3 atom stereocenters. The largest absolute Gasteiger partial charge is 0.356 e. The summed E-state index contributed by atoms with van der Waals surface area (Å²) in [5.41, 5.74) is 8.06. The van der Waals surface area contributed by atoms with Crippen LogP contribution in [0.1, 0.15) is 57.1 Å². The molecule has 29 heavy (non-hydrogen) atoms. The highest BCUT2D eigenvalue weighted by molar-refractivity contribution is 6.30. The molecule has 0 bridgehead atoms. The minimum Gasteiger partial charge on any atom is -0.356 e. The molecule has 1 fully saturated rings. The van der Waals surface area contributed by atoms with Crippen LogP contribution < -0.4 is 16.2 Å². The number of halogens is 1. The van der Waals surface area contributed by atoms with Crippen LogP contribution in [0, 0.1) is 0 Å². The first-order valence-corrected chi connectivity index (χ1v) is 10.9. The first-order valence-electron chi connectivity index (χ1n) is 10.5. The van der Waals surface area contributed by atoms with Crippen LogP contribution >= 0.6 is 11.6 Å². The van der Waals surface area contributed by atoms with Gasteiger partial charge in [-0.05, 0) is 30.5 Å². The highest BCUT2D eigenvalue weighted by Gasteiger charge is 2.44. The minimum atomic E-state index is 0.0763. The van der Waals surface area contributed by atoms with Gasteiger partial charge in [-0.2, -0.15) is 5.10 Å². The highest BCUT2D eigenvalue weighted by Crippen LogP contribution is 2.34. The van der Waals surface area contributed by atoms with Gasteiger partial charge in [0.2, 0.25) is 5.91 Å². The lowest BCUT2D eigenvalue weighted by Crippen LogP contribution is -2.54. The number of nitrogens with one attached hydrogen (secondary N) is 3. The average Bonchev–Trinajstić information content (AvgIpc) is 3.34. The summed E-state index contributed by atoms with van der Waals surface area (Å²) in [4.78, 5) is 14.2. The summed E-state index contributed by atoms with van der Waals surface area (Å²) >= 11 is 6.02. The summed E-state index contributed by atoms with van der Waals surface area (Å²) < 4.78 is 0. The molecule has 1 aromatic rings. The maximum absolute atomic E-state index is 12.1. The number of benzene rings is 1. The maximum atomic E-state index is 12.1. The lowest BCUT2D eigenvalue weighted by Gasteiger charge is -2.37. The monoisotopic (exact) mass is 416 g/mol. The molecule has 156 valence electrons. The predicted octanol–water partition coefficient (Wildman–Crippen LogP) is 3.08. The topological polar surface area (TPSA) is 72.0 Å². The normalized spacial score (nSPS) is 24.8. The van der Waals surface area contributed by atoms with Crippen molar-refractivity contribution in [3.05, 3.63) is 47.3 Å². The second-order valence-electron chi connectivity index (χ2n) is 7.81. The van der Waals surface area contributed by atoms with E-state index >= 15 is 0 Å². The lowest BCUT2D eigenvalue weighted by atomic mass is 9.99. The third-order valence-corrected chi connectivity index (χ3v) is 6.02. The molecule has 3 N–H and O–H groups in total. The van der Waals surface area contributed by atoms with Crippen LogP contribution in [0.25, 0.3) is 0 Å². The Morgan fingerprint density at radius 1 is 1.28 bits per heavy atom. The van der Waals surface area contributed by atoms with Gasteiger partial charge < -0.3 is 15.2 Å². The standard InChI is InChI=1S/C21H29ClN6O/c1-2-3-4-11-23-20(29)10-9-19-24-25-21-18-14-17(15-5-7-16(22)8-6-15)26-28(18)13-12-27(19)21/h5-8,12-13,17-18,21,25-26H,2-4,9-11,14H2,1H3,(H,23,29). The zero-order valence-corrected chi connectivity index (χ0v) is 17.5. The molecule has 8 heteroatoms. The van der Waals surface area contributed by atoms with E-state index in [2.05, 4.69) is 56.4 Å². The van der Waals surface area contributed by atoms with E-state index in [0.717, 1.165) is 43.1 Å². The Labute approximate surface area is 177 Å². The van der Waals surface area contributed by atoms with E-state index < -0.39 is 0 Å². The van der Waals surface area contributed by atoms with Crippen LogP contribution in [0.5, 0.6) is 0 Å². The molecule has 0 saturated carbocycles. The number of hydrogen-bond donors (Lipinski definition) is 3. The van der Waals surface area contributed by atoms with Crippen molar-refractivity contribution < 1.29 is 4.79 Å². The second kappa shape index (κ2) is 9.05. The number of carbonyl (C=O) groups excluding carboxylic acids is 1. The molecule has 3 heterocycles. The smallest absolute Gasteiger partial charge is 0.220 e. The highest BCUT2D eigenvalue weighted by atomic mass is 35.5. The summed E-state index contributed by atoms with van der Waals surface area (Å²) in [5.74, 6) is 1.02. The van der Waals surface area contributed by atoms with Crippen LogP contribution in [0.4, 0.5) is 0 Å². The molecule has 0 spiro atoms. The van der Waals surface area contributed by atoms with E-state index in [4.69, 9.17) is 11.6 Å². The fraction of sp³-hybridized carbons (Fsp3) is 0.524. The van der Waals surface area contributed by atoms with E-state index in [1.807, 2.05) is 18.3 Å². The molecular formula is C21H29ClN6O. The first kappa shape index (κ1) is 20.0. The number of rotatable bonds is 8. The van der Waals surface area contributed by atoms with E-state index in [0.29, 0.717) is 12.8 Å². The van der Waals surface area contributed by atoms with Crippen molar-refractivity contribution in [2.75, 3.05) is 6.54 Å². The molecule has 3 unspecified atom stereocenters. The number of fused-ring (bicyclic) bond motifs is 3. The van der Waals surface area contributed by atoms with Gasteiger partial charge in [0.25, 0.3) is 0 Å². The van der Waals surface area contributed by atoms with Gasteiger partial charge in [0.05, 0.1) is 12.1 Å². The third kappa shape index (κ3) is 4.51. The van der Waals surface area contributed by atoms with Crippen molar-refractivity contribution in [1.82, 2.24) is 26.1 Å². The first-order chi connectivity index (χ1) is 14.2. The predicted molar refractivity (Wildman–Crippen MR) is 115 cm³/mol. The van der Waals surface area contributed by atoms with Crippen molar-refractivity contribution in [3.63, 3.8) is 0 Å². The minimum absolute atomic E-state index is 0.0763. The molecule has 0 radical (unpaired) electrons. The van der Waals surface area contributed by atoms with E-state index in [9.17, 15) is 4.79 Å². The van der Waals surface area contributed by atoms with Gasteiger partial charge in [-0.25, -0.2) is 5.43 Å². The second-order valence-corrected chi connectivity index (χ2v) is 8.24. The molecule has 3 aliphatic heterocycles. The zero-order chi connectivity index (χ0) is 20.2. The van der Waals surface area contributed by atoms with Gasteiger partial charge in [-0.1, -0.05) is 43.5 Å². The van der Waals surface area contributed by atoms with Crippen LogP contribution in [0.2, 0.25) is 5.02 Å². The molecule has 0 aliphatic carbocycles. The van der Waals surface area contributed by atoms with E-state index in [-0.39, 0.29) is 24.2 Å². The number of amidine groups is 1. The third-order valence-electron chi connectivity index (χ3n) is 5.77. The molecule has 1 aromatic carbocycles. The molecule has 7 nitrogen and oxygen atoms in total. The molecule has 1 amide bonds. The summed E-state index contributed by atoms with van der Waals surface area (Å²) in [7, 11) is 0. The van der Waals surface area contributed by atoms with Gasteiger partial charge in [-0.3, -0.25) is 10.2 Å². The SMILES string of the molecule is CCCCCNC(=O)CCC1=NNC2C3CC(c4ccc(Cl)cc4)NN3C=CN12. The van der Waals surface area contributed by atoms with Gasteiger partial charge in [0.15, 0.2) is 0 Å². The van der Waals surface area contributed by atoms with Crippen molar-refractivity contribution in [1.29, 1.82) is 0 Å². The Balaban J connectivity index is 1.30. The van der Waals surface area contributed by atoms with Crippen LogP contribution in [0.3, 0.4) is 0 Å². The number of unbranched alkanes of at least 4 members (excludes halogenated alkanes) is 2. The average molecular weight is 417 g/mol. The van der Waals surface area contributed by atoms with Gasteiger partial charge >= 0.3 is 0 Å². The lowest BCUT2D eigenvalue weighted by molar-refractivity contribution is -0.120. The summed E-state index contributed by atoms with van der Waals surface area (Å²) in [6, 6.07) is 8.50. The quantitative estimate of drug-likeness (QED) is 0.568. The summed E-state index contributed by atoms with van der Waals surface area (Å²) in [6.45, 7) is 2.92. The molecule has 4 rings (SSSR count). The molecular weight excluding hydrogens is 388 g/mol. The van der Waals surface area contributed by atoms with Crippen molar-refractivity contribution in [2.45, 2.75) is 63.7 Å². The van der Waals surface area contributed by atoms with Gasteiger partial charge in [0.1, 0.15) is 12.0 Å². The number of nitrogens with zero attached hydrogens (tertiary/aromatic N) is 3. The van der Waals surface area contributed by atoms with E-state index in [1.54, 1.807) is 0 Å². The van der Waals surface area contributed by atoms with Crippen molar-refractivity contribution in [2.24, 2.45) is 5.10 Å². The van der Waals surface area contributed by atoms with E-state index in [1.165, 1.54) is 5.56 Å². The Morgan fingerprint density at radius 3 is 2.90 bits per heavy atom. The number of hydrazone groups is 1. The van der Waals surface area contributed by atoms with Crippen molar-refractivity contribution >= 4 is 23.3 Å². The fourth-order valence-corrected chi connectivity index (χ4v) is 4.27. The Morgan fingerprint density at radius 2 is 2.10 bits per heavy atom. The zero-order valence-electron chi connectivity index (χ0n) is 16.8. The number of amides is 1. The molecule has 0 aromatic heterocycles. The maximum Gasteiger partial charge on any atom is 0.220 e. The van der Waals surface area contributed by atoms with Crippen LogP contribution in [-0.2, 0) is 4.79 Å². The number of carbonyl (C=O) groups is 1. The van der Waals surface area contributed by atoms with Crippen molar-refractivity contribution in [3.8, 4) is 0 Å². The summed E-state index contributed by atoms with van der Waals surface area (Å²) in [6.07, 6.45) is 9.58. The number of hydrazine groups is 1. The Hall–Kier alpha value is -2.25. The van der Waals surface area contributed by atoms with Gasteiger partial charge in [0, 0.05) is 36.8 Å². The molecule has 3 aliphatic rings. The van der Waals surface area contributed by atoms with Crippen LogP contribution in [-0.4, -0.2) is 40.4 Å². The Bertz CT molecular complexity index is 780. The Kier molecular flexibility index (Phi) is 6.25. The fourth-order valence-electron chi connectivity index (χ4n) is 4.14. The van der Waals surface area contributed by atoms with Crippen LogP contribution in [0.15, 0.2) is 41.8 Å².